The topological polar surface area (TPSA) is 95.1 Å². The molecule has 8 heteroatoms. The summed E-state index contributed by atoms with van der Waals surface area (Å²) in [7, 11) is 1.51. The zero-order valence-electron chi connectivity index (χ0n) is 21.0. The maximum atomic E-state index is 13.2. The number of fused-ring (bicyclic) bond motifs is 1. The zero-order valence-corrected chi connectivity index (χ0v) is 21.8. The van der Waals surface area contributed by atoms with Gasteiger partial charge >= 0.3 is 0 Å². The van der Waals surface area contributed by atoms with Gasteiger partial charge in [-0.2, -0.15) is 10.5 Å². The molecule has 1 aliphatic rings. The Kier molecular flexibility index (Phi) is 8.58. The molecule has 6 nitrogen and oxygen atoms in total. The second-order valence-corrected chi connectivity index (χ2v) is 9.88. The van der Waals surface area contributed by atoms with Crippen LogP contribution in [-0.4, -0.2) is 13.0 Å². The summed E-state index contributed by atoms with van der Waals surface area (Å²) in [6, 6.07) is 13.7. The van der Waals surface area contributed by atoms with Gasteiger partial charge in [0.25, 0.3) is 5.91 Å². The first-order valence-electron chi connectivity index (χ1n) is 12.1. The summed E-state index contributed by atoms with van der Waals surface area (Å²) in [5.74, 6) is 0.0194. The standard InChI is InChI=1S/C30H26FN3O3S/c1-3-6-21-13-20(15-26(36-2)28(21)37-18-19-9-11-23(31)12-10-19)14-22(16-32)29(35)34-30-25(17-33)24-7-4-5-8-27(24)38-30/h3,9-15H,1,4-8,18H2,2H3,(H,34,35)/b22-14+. The fraction of sp³-hybridized carbons (Fsp3) is 0.233. The highest BCUT2D eigenvalue weighted by molar-refractivity contribution is 7.16. The molecule has 3 aromatic rings. The highest BCUT2D eigenvalue weighted by Gasteiger charge is 2.23. The number of nitrogens with one attached hydrogen (secondary N) is 1. The molecule has 38 heavy (non-hydrogen) atoms. The molecular formula is C30H26FN3O3S. The minimum atomic E-state index is -0.580. The molecule has 0 aliphatic heterocycles. The molecule has 0 atom stereocenters. The van der Waals surface area contributed by atoms with E-state index in [2.05, 4.69) is 18.0 Å². The lowest BCUT2D eigenvalue weighted by molar-refractivity contribution is -0.112. The number of nitriles is 2. The van der Waals surface area contributed by atoms with Crippen molar-refractivity contribution in [1.29, 1.82) is 10.5 Å². The minimum Gasteiger partial charge on any atom is -0.493 e. The summed E-state index contributed by atoms with van der Waals surface area (Å²) in [6.45, 7) is 4.01. The van der Waals surface area contributed by atoms with E-state index in [1.165, 1.54) is 36.7 Å². The van der Waals surface area contributed by atoms with E-state index in [0.717, 1.165) is 47.3 Å². The number of allylic oxidation sites excluding steroid dienone is 1. The van der Waals surface area contributed by atoms with Crippen molar-refractivity contribution in [3.05, 3.63) is 93.1 Å². The Morgan fingerprint density at radius 1 is 1.21 bits per heavy atom. The molecule has 0 fully saturated rings. The van der Waals surface area contributed by atoms with Crippen LogP contribution < -0.4 is 14.8 Å². The van der Waals surface area contributed by atoms with E-state index in [0.29, 0.717) is 34.0 Å². The smallest absolute Gasteiger partial charge is 0.266 e. The molecule has 0 radical (unpaired) electrons. The van der Waals surface area contributed by atoms with E-state index in [1.54, 1.807) is 30.3 Å². The predicted molar refractivity (Wildman–Crippen MR) is 146 cm³/mol. The van der Waals surface area contributed by atoms with E-state index in [-0.39, 0.29) is 18.0 Å². The number of hydrogen-bond acceptors (Lipinski definition) is 6. The monoisotopic (exact) mass is 527 g/mol. The molecule has 192 valence electrons. The third kappa shape index (κ3) is 5.94. The number of carbonyl (C=O) groups excluding carboxylic acids is 1. The number of halogens is 1. The number of thiophene rings is 1. The van der Waals surface area contributed by atoms with E-state index in [1.807, 2.05) is 6.07 Å². The van der Waals surface area contributed by atoms with Gasteiger partial charge in [0, 0.05) is 10.4 Å². The first-order chi connectivity index (χ1) is 18.5. The van der Waals surface area contributed by atoms with Crippen LogP contribution in [0.2, 0.25) is 0 Å². The number of hydrogen-bond donors (Lipinski definition) is 1. The highest BCUT2D eigenvalue weighted by atomic mass is 32.1. The van der Waals surface area contributed by atoms with Crippen LogP contribution in [0.15, 0.2) is 54.6 Å². The second kappa shape index (κ2) is 12.2. The maximum absolute atomic E-state index is 13.2. The number of aryl methyl sites for hydroxylation is 1. The Morgan fingerprint density at radius 3 is 2.66 bits per heavy atom. The molecule has 4 rings (SSSR count). The number of ether oxygens (including phenoxy) is 2. The van der Waals surface area contributed by atoms with Crippen LogP contribution in [-0.2, 0) is 30.7 Å². The molecule has 1 amide bonds. The normalized spacial score (nSPS) is 12.6. The summed E-state index contributed by atoms with van der Waals surface area (Å²) >= 11 is 1.41. The largest absolute Gasteiger partial charge is 0.493 e. The van der Waals surface area contributed by atoms with Gasteiger partial charge in [-0.15, -0.1) is 17.9 Å². The van der Waals surface area contributed by atoms with Gasteiger partial charge < -0.3 is 14.8 Å². The third-order valence-electron chi connectivity index (χ3n) is 6.22. The van der Waals surface area contributed by atoms with E-state index in [9.17, 15) is 19.7 Å². The Labute approximate surface area is 225 Å². The fourth-order valence-electron chi connectivity index (χ4n) is 4.38. The molecule has 0 saturated carbocycles. The molecule has 1 N–H and O–H groups in total. The van der Waals surface area contributed by atoms with Crippen LogP contribution in [0.4, 0.5) is 9.39 Å². The molecule has 1 aliphatic carbocycles. The lowest BCUT2D eigenvalue weighted by Gasteiger charge is -2.16. The van der Waals surface area contributed by atoms with Crippen LogP contribution >= 0.6 is 11.3 Å². The molecule has 2 aromatic carbocycles. The molecular weight excluding hydrogens is 501 g/mol. The van der Waals surface area contributed by atoms with E-state index < -0.39 is 5.91 Å². The van der Waals surface area contributed by atoms with Crippen LogP contribution in [0.5, 0.6) is 11.5 Å². The molecule has 0 unspecified atom stereocenters. The molecule has 1 aromatic heterocycles. The quantitative estimate of drug-likeness (QED) is 0.195. The van der Waals surface area contributed by atoms with Gasteiger partial charge in [0.15, 0.2) is 11.5 Å². The average Bonchev–Trinajstić information content (AvgIpc) is 3.28. The molecule has 0 spiro atoms. The van der Waals surface area contributed by atoms with Gasteiger partial charge in [0.1, 0.15) is 35.1 Å². The van der Waals surface area contributed by atoms with Crippen LogP contribution in [0.1, 0.15) is 45.5 Å². The lowest BCUT2D eigenvalue weighted by Crippen LogP contribution is -2.13. The van der Waals surface area contributed by atoms with Crippen LogP contribution in [0.3, 0.4) is 0 Å². The van der Waals surface area contributed by atoms with Crippen LogP contribution in [0.25, 0.3) is 6.08 Å². The molecule has 1 heterocycles. The first kappa shape index (κ1) is 26.7. The Morgan fingerprint density at radius 2 is 1.97 bits per heavy atom. The summed E-state index contributed by atoms with van der Waals surface area (Å²) in [6.07, 6.45) is 7.46. The Hall–Kier alpha value is -4.40. The number of anilines is 1. The summed E-state index contributed by atoms with van der Waals surface area (Å²) < 4.78 is 24.8. The fourth-order valence-corrected chi connectivity index (χ4v) is 5.62. The molecule has 0 bridgehead atoms. The van der Waals surface area contributed by atoms with Crippen molar-refractivity contribution in [2.75, 3.05) is 12.4 Å². The number of nitrogens with zero attached hydrogens (tertiary/aromatic N) is 2. The van der Waals surface area contributed by atoms with Crippen LogP contribution in [0, 0.1) is 28.5 Å². The summed E-state index contributed by atoms with van der Waals surface area (Å²) in [4.78, 5) is 14.2. The van der Waals surface area contributed by atoms with Gasteiger partial charge in [-0.05, 0) is 79.1 Å². The van der Waals surface area contributed by atoms with Crippen molar-refractivity contribution in [1.82, 2.24) is 0 Å². The first-order valence-corrected chi connectivity index (χ1v) is 13.0. The summed E-state index contributed by atoms with van der Waals surface area (Å²) in [5, 5.41) is 22.7. The summed E-state index contributed by atoms with van der Waals surface area (Å²) in [5.41, 5.74) is 3.52. The van der Waals surface area contributed by atoms with Crippen molar-refractivity contribution in [2.45, 2.75) is 38.7 Å². The van der Waals surface area contributed by atoms with Crippen molar-refractivity contribution in [3.8, 4) is 23.6 Å². The number of carbonyl (C=O) groups is 1. The minimum absolute atomic E-state index is 0.105. The third-order valence-corrected chi connectivity index (χ3v) is 7.43. The number of methoxy groups -OCH3 is 1. The number of amides is 1. The zero-order chi connectivity index (χ0) is 27.1. The number of benzene rings is 2. The van der Waals surface area contributed by atoms with Crippen molar-refractivity contribution < 1.29 is 18.7 Å². The van der Waals surface area contributed by atoms with Gasteiger partial charge in [0.05, 0.1) is 12.7 Å². The van der Waals surface area contributed by atoms with Crippen molar-refractivity contribution in [2.24, 2.45) is 0 Å². The highest BCUT2D eigenvalue weighted by Crippen LogP contribution is 2.38. The Bertz CT molecular complexity index is 1480. The van der Waals surface area contributed by atoms with E-state index in [4.69, 9.17) is 9.47 Å². The number of rotatable bonds is 9. The van der Waals surface area contributed by atoms with Crippen molar-refractivity contribution >= 4 is 28.3 Å². The Balaban J connectivity index is 1.61. The van der Waals surface area contributed by atoms with Gasteiger partial charge in [0.2, 0.25) is 0 Å². The van der Waals surface area contributed by atoms with E-state index >= 15 is 0 Å². The van der Waals surface area contributed by atoms with Gasteiger partial charge in [-0.25, -0.2) is 4.39 Å². The maximum Gasteiger partial charge on any atom is 0.266 e. The predicted octanol–water partition coefficient (Wildman–Crippen LogP) is 6.50. The average molecular weight is 528 g/mol. The second-order valence-electron chi connectivity index (χ2n) is 8.77. The van der Waals surface area contributed by atoms with Gasteiger partial charge in [-0.3, -0.25) is 4.79 Å². The van der Waals surface area contributed by atoms with Crippen molar-refractivity contribution in [3.63, 3.8) is 0 Å². The lowest BCUT2D eigenvalue weighted by atomic mass is 9.96. The molecule has 0 saturated heterocycles. The van der Waals surface area contributed by atoms with Gasteiger partial charge in [-0.1, -0.05) is 18.2 Å². The SMILES string of the molecule is C=CCc1cc(/C=C(\C#N)C(=O)Nc2sc3c(c2C#N)CCCC3)cc(OC)c1OCc1ccc(F)cc1.